The predicted molar refractivity (Wildman–Crippen MR) is 112 cm³/mol. The van der Waals surface area contributed by atoms with Crippen LogP contribution in [0.1, 0.15) is 22.6 Å². The van der Waals surface area contributed by atoms with Gasteiger partial charge in [-0.1, -0.05) is 60.7 Å². The summed E-state index contributed by atoms with van der Waals surface area (Å²) in [6.45, 7) is 4.62. The first-order chi connectivity index (χ1) is 12.8. The van der Waals surface area contributed by atoms with Crippen molar-refractivity contribution in [1.82, 2.24) is 14.7 Å². The number of aromatic nitrogens is 2. The van der Waals surface area contributed by atoms with Crippen molar-refractivity contribution < 1.29 is 0 Å². The highest BCUT2D eigenvalue weighted by Gasteiger charge is 2.32. The lowest BCUT2D eigenvalue weighted by Crippen LogP contribution is -2.23. The van der Waals surface area contributed by atoms with Gasteiger partial charge >= 0.3 is 0 Å². The van der Waals surface area contributed by atoms with Gasteiger partial charge in [0.05, 0.1) is 12.7 Å². The molecule has 2 aromatic carbocycles. The molecular formula is C22H27ClN4. The molecule has 0 amide bonds. The van der Waals surface area contributed by atoms with Crippen LogP contribution >= 0.6 is 12.4 Å². The molecule has 27 heavy (non-hydrogen) atoms. The van der Waals surface area contributed by atoms with E-state index in [4.69, 9.17) is 5.73 Å². The number of nitrogens with zero attached hydrogens (tertiary/aromatic N) is 3. The van der Waals surface area contributed by atoms with E-state index in [-0.39, 0.29) is 12.4 Å². The summed E-state index contributed by atoms with van der Waals surface area (Å²) >= 11 is 0. The molecule has 1 saturated heterocycles. The van der Waals surface area contributed by atoms with E-state index in [0.29, 0.717) is 11.8 Å². The van der Waals surface area contributed by atoms with Crippen LogP contribution in [0.3, 0.4) is 0 Å². The van der Waals surface area contributed by atoms with Crippen molar-refractivity contribution in [2.75, 3.05) is 19.6 Å². The summed E-state index contributed by atoms with van der Waals surface area (Å²) in [7, 11) is 0. The van der Waals surface area contributed by atoms with E-state index >= 15 is 0 Å². The SMILES string of the molecule is Cl.NC[C@@H]1CN(Cc2cnn(Cc3ccccc3)c2)C[C@H]1c1ccccc1. The molecule has 4 nitrogen and oxygen atoms in total. The van der Waals surface area contributed by atoms with Crippen molar-refractivity contribution in [1.29, 1.82) is 0 Å². The van der Waals surface area contributed by atoms with Gasteiger partial charge in [-0.2, -0.15) is 5.10 Å². The first-order valence-electron chi connectivity index (χ1n) is 9.34. The average molecular weight is 383 g/mol. The van der Waals surface area contributed by atoms with E-state index in [1.807, 2.05) is 16.9 Å². The van der Waals surface area contributed by atoms with Gasteiger partial charge in [-0.3, -0.25) is 9.58 Å². The maximum Gasteiger partial charge on any atom is 0.0659 e. The van der Waals surface area contributed by atoms with E-state index in [9.17, 15) is 0 Å². The minimum absolute atomic E-state index is 0. The fourth-order valence-electron chi connectivity index (χ4n) is 4.01. The second-order valence-corrected chi connectivity index (χ2v) is 7.24. The lowest BCUT2D eigenvalue weighted by Gasteiger charge is -2.16. The molecule has 142 valence electrons. The first kappa shape index (κ1) is 19.6. The predicted octanol–water partition coefficient (Wildman–Crippen LogP) is 3.53. The van der Waals surface area contributed by atoms with Gasteiger partial charge in [-0.25, -0.2) is 0 Å². The summed E-state index contributed by atoms with van der Waals surface area (Å²) in [6, 6.07) is 21.2. The Hall–Kier alpha value is -2.14. The average Bonchev–Trinajstić information content (AvgIpc) is 3.30. The van der Waals surface area contributed by atoms with Crippen LogP contribution in [0.25, 0.3) is 0 Å². The minimum atomic E-state index is 0. The normalized spacial score (nSPS) is 19.7. The van der Waals surface area contributed by atoms with Gasteiger partial charge in [-0.15, -0.1) is 12.4 Å². The molecule has 0 aliphatic carbocycles. The van der Waals surface area contributed by atoms with E-state index in [2.05, 4.69) is 70.8 Å². The molecular weight excluding hydrogens is 356 g/mol. The number of likely N-dealkylation sites (tertiary alicyclic amines) is 1. The van der Waals surface area contributed by atoms with E-state index < -0.39 is 0 Å². The molecule has 2 atom stereocenters. The zero-order valence-electron chi connectivity index (χ0n) is 15.4. The molecule has 1 fully saturated rings. The highest BCUT2D eigenvalue weighted by Crippen LogP contribution is 2.32. The molecule has 0 radical (unpaired) electrons. The van der Waals surface area contributed by atoms with Crippen molar-refractivity contribution >= 4 is 12.4 Å². The lowest BCUT2D eigenvalue weighted by atomic mass is 9.89. The van der Waals surface area contributed by atoms with Crippen molar-refractivity contribution in [2.24, 2.45) is 11.7 Å². The van der Waals surface area contributed by atoms with E-state index in [1.54, 1.807) is 0 Å². The van der Waals surface area contributed by atoms with Gasteiger partial charge < -0.3 is 5.73 Å². The van der Waals surface area contributed by atoms with Gasteiger partial charge in [-0.05, 0) is 23.6 Å². The van der Waals surface area contributed by atoms with Crippen LogP contribution in [0.15, 0.2) is 73.1 Å². The third-order valence-electron chi connectivity index (χ3n) is 5.33. The second kappa shape index (κ2) is 9.18. The second-order valence-electron chi connectivity index (χ2n) is 7.24. The Morgan fingerprint density at radius 1 is 0.889 bits per heavy atom. The molecule has 0 saturated carbocycles. The van der Waals surface area contributed by atoms with Crippen LogP contribution in [0.4, 0.5) is 0 Å². The molecule has 1 aliphatic heterocycles. The summed E-state index contributed by atoms with van der Waals surface area (Å²) in [5, 5.41) is 4.54. The number of nitrogens with two attached hydrogens (primary N) is 1. The summed E-state index contributed by atoms with van der Waals surface area (Å²) < 4.78 is 2.02. The van der Waals surface area contributed by atoms with Crippen LogP contribution < -0.4 is 5.73 Å². The quantitative estimate of drug-likeness (QED) is 0.709. The van der Waals surface area contributed by atoms with Crippen molar-refractivity contribution in [2.45, 2.75) is 19.0 Å². The number of hydrogen-bond acceptors (Lipinski definition) is 3. The topological polar surface area (TPSA) is 47.1 Å². The third kappa shape index (κ3) is 4.78. The third-order valence-corrected chi connectivity index (χ3v) is 5.33. The Labute approximate surface area is 167 Å². The number of benzene rings is 2. The number of rotatable bonds is 6. The number of halogens is 1. The van der Waals surface area contributed by atoms with Gasteiger partial charge in [0.25, 0.3) is 0 Å². The largest absolute Gasteiger partial charge is 0.330 e. The van der Waals surface area contributed by atoms with Gasteiger partial charge in [0.2, 0.25) is 0 Å². The first-order valence-corrected chi connectivity index (χ1v) is 9.34. The monoisotopic (exact) mass is 382 g/mol. The zero-order valence-corrected chi connectivity index (χ0v) is 16.3. The molecule has 5 heteroatoms. The summed E-state index contributed by atoms with van der Waals surface area (Å²) in [4.78, 5) is 2.51. The van der Waals surface area contributed by atoms with Gasteiger partial charge in [0.1, 0.15) is 0 Å². The Morgan fingerprint density at radius 2 is 1.59 bits per heavy atom. The molecule has 2 N–H and O–H groups in total. The van der Waals surface area contributed by atoms with Gasteiger partial charge in [0.15, 0.2) is 0 Å². The Bertz CT molecular complexity index is 819. The highest BCUT2D eigenvalue weighted by atomic mass is 35.5. The fourth-order valence-corrected chi connectivity index (χ4v) is 4.01. The smallest absolute Gasteiger partial charge is 0.0659 e. The lowest BCUT2D eigenvalue weighted by molar-refractivity contribution is 0.317. The molecule has 4 rings (SSSR count). The van der Waals surface area contributed by atoms with Crippen LogP contribution in [0, 0.1) is 5.92 Å². The number of hydrogen-bond donors (Lipinski definition) is 1. The van der Waals surface area contributed by atoms with Crippen molar-refractivity contribution in [3.63, 3.8) is 0 Å². The molecule has 3 aromatic rings. The van der Waals surface area contributed by atoms with Crippen LogP contribution in [0.2, 0.25) is 0 Å². The van der Waals surface area contributed by atoms with Crippen LogP contribution in [-0.2, 0) is 13.1 Å². The Kier molecular flexibility index (Phi) is 6.67. The zero-order chi connectivity index (χ0) is 17.8. The van der Waals surface area contributed by atoms with E-state index in [0.717, 1.165) is 32.7 Å². The molecule has 1 aliphatic rings. The summed E-state index contributed by atoms with van der Waals surface area (Å²) in [5.74, 6) is 1.05. The maximum atomic E-state index is 6.06. The van der Waals surface area contributed by atoms with Crippen molar-refractivity contribution in [3.8, 4) is 0 Å². The van der Waals surface area contributed by atoms with Crippen LogP contribution in [-0.4, -0.2) is 34.3 Å². The molecule has 1 aromatic heterocycles. The highest BCUT2D eigenvalue weighted by molar-refractivity contribution is 5.85. The molecule has 0 bridgehead atoms. The summed E-state index contributed by atoms with van der Waals surface area (Å²) in [5.41, 5.74) is 10.0. The van der Waals surface area contributed by atoms with Gasteiger partial charge in [0, 0.05) is 37.3 Å². The fraction of sp³-hybridized carbons (Fsp3) is 0.318. The van der Waals surface area contributed by atoms with Crippen molar-refractivity contribution in [3.05, 3.63) is 89.7 Å². The Morgan fingerprint density at radius 3 is 2.30 bits per heavy atom. The standard InChI is InChI=1S/C22H26N4.ClH/c23-11-21-16-25(17-22(21)20-9-5-2-6-10-20)13-19-12-24-26(15-19)14-18-7-3-1-4-8-18;/h1-10,12,15,21-22H,11,13-14,16-17,23H2;1H/t21-,22+;/m1./s1. The summed E-state index contributed by atoms with van der Waals surface area (Å²) in [6.07, 6.45) is 4.16. The van der Waals surface area contributed by atoms with Crippen LogP contribution in [0.5, 0.6) is 0 Å². The molecule has 2 heterocycles. The minimum Gasteiger partial charge on any atom is -0.330 e. The Balaban J connectivity index is 0.00000210. The molecule has 0 unspecified atom stereocenters. The van der Waals surface area contributed by atoms with E-state index in [1.165, 1.54) is 16.7 Å². The maximum absolute atomic E-state index is 6.06. The molecule has 0 spiro atoms.